The van der Waals surface area contributed by atoms with Gasteiger partial charge in [-0.15, -0.1) is 18.3 Å². The first kappa shape index (κ1) is 32.8. The van der Waals surface area contributed by atoms with Crippen LogP contribution in [0.1, 0.15) is 12.0 Å². The van der Waals surface area contributed by atoms with Crippen LogP contribution in [0.4, 0.5) is 42.5 Å². The van der Waals surface area contributed by atoms with Gasteiger partial charge < -0.3 is 14.8 Å². The molecule has 4 aromatic rings. The number of anilines is 2. The molecule has 242 valence electrons. The standard InChI is InChI=1S/C29H19F6N7O4S/c30-28(31,32)11-12-45-23-10-1-17(14-36)13-22(23)42-24(43)15-47-27(42)39-26(44)38-19-4-6-20(7-5-19)41-16-37-25(40-41)18-2-8-21(9-3-18)46-29(33,34)35/h1-10,13,16H,11-12,15H2,(H,38,44). The molecule has 0 saturated carbocycles. The zero-order valence-electron chi connectivity index (χ0n) is 23.5. The number of nitrogens with one attached hydrogen (secondary N) is 1. The monoisotopic (exact) mass is 675 g/mol. The zero-order chi connectivity index (χ0) is 33.8. The molecule has 18 heteroatoms. The molecule has 1 N–H and O–H groups in total. The lowest BCUT2D eigenvalue weighted by Gasteiger charge is -2.20. The summed E-state index contributed by atoms with van der Waals surface area (Å²) in [6.45, 7) is -0.732. The Balaban J connectivity index is 1.27. The maximum Gasteiger partial charge on any atom is 0.573 e. The maximum absolute atomic E-state index is 12.8. The lowest BCUT2D eigenvalue weighted by Crippen LogP contribution is -2.31. The van der Waals surface area contributed by atoms with Crippen LogP contribution in [-0.2, 0) is 4.79 Å². The molecule has 1 fully saturated rings. The highest BCUT2D eigenvalue weighted by Crippen LogP contribution is 2.36. The van der Waals surface area contributed by atoms with Crippen molar-refractivity contribution in [1.82, 2.24) is 14.8 Å². The van der Waals surface area contributed by atoms with Crippen LogP contribution in [-0.4, -0.2) is 56.8 Å². The molecule has 1 aromatic heterocycles. The van der Waals surface area contributed by atoms with E-state index < -0.39 is 37.5 Å². The molecule has 47 heavy (non-hydrogen) atoms. The number of hydrogen-bond donors (Lipinski definition) is 1. The van der Waals surface area contributed by atoms with Crippen molar-refractivity contribution in [3.8, 4) is 34.6 Å². The summed E-state index contributed by atoms with van der Waals surface area (Å²) in [6.07, 6.45) is -9.14. The number of halogens is 6. The van der Waals surface area contributed by atoms with Crippen molar-refractivity contribution in [1.29, 1.82) is 5.26 Å². The van der Waals surface area contributed by atoms with E-state index in [-0.39, 0.29) is 39.5 Å². The molecule has 1 aliphatic heterocycles. The van der Waals surface area contributed by atoms with E-state index in [4.69, 9.17) is 4.74 Å². The normalized spacial score (nSPS) is 14.3. The molecule has 3 amide bonds. The SMILES string of the molecule is N#Cc1ccc(OCCC(F)(F)F)c(N2C(=O)CSC2=NC(=O)Nc2ccc(-n3cnc(-c4ccc(OC(F)(F)F)cc4)n3)cc2)c1. The summed E-state index contributed by atoms with van der Waals surface area (Å²) >= 11 is 0.917. The van der Waals surface area contributed by atoms with Crippen LogP contribution < -0.4 is 19.7 Å². The number of hydrogen-bond acceptors (Lipinski definition) is 8. The smallest absolute Gasteiger partial charge is 0.491 e. The Morgan fingerprint density at radius 3 is 2.43 bits per heavy atom. The van der Waals surface area contributed by atoms with Gasteiger partial charge in [-0.1, -0.05) is 11.8 Å². The summed E-state index contributed by atoms with van der Waals surface area (Å²) in [4.78, 5) is 34.7. The molecule has 0 spiro atoms. The third-order valence-electron chi connectivity index (χ3n) is 6.16. The molecule has 0 atom stereocenters. The molecule has 3 aromatic carbocycles. The molecular formula is C29H19F6N7O4S. The third kappa shape index (κ3) is 8.58. The largest absolute Gasteiger partial charge is 0.573 e. The van der Waals surface area contributed by atoms with Gasteiger partial charge in [0.2, 0.25) is 5.91 Å². The van der Waals surface area contributed by atoms with E-state index in [0.29, 0.717) is 16.9 Å². The fraction of sp³-hybridized carbons (Fsp3) is 0.172. The zero-order valence-corrected chi connectivity index (χ0v) is 24.4. The third-order valence-corrected chi connectivity index (χ3v) is 7.08. The number of alkyl halides is 6. The number of rotatable bonds is 8. The summed E-state index contributed by atoms with van der Waals surface area (Å²) in [5.41, 5.74) is 1.35. The van der Waals surface area contributed by atoms with Gasteiger partial charge in [-0.2, -0.15) is 23.4 Å². The number of carbonyl (C=O) groups excluding carboxylic acids is 2. The highest BCUT2D eigenvalue weighted by Gasteiger charge is 2.34. The van der Waals surface area contributed by atoms with Crippen LogP contribution in [0.5, 0.6) is 11.5 Å². The molecule has 11 nitrogen and oxygen atoms in total. The topological polar surface area (TPSA) is 135 Å². The predicted molar refractivity (Wildman–Crippen MR) is 157 cm³/mol. The fourth-order valence-corrected chi connectivity index (χ4v) is 4.96. The van der Waals surface area contributed by atoms with E-state index in [9.17, 15) is 41.2 Å². The van der Waals surface area contributed by atoms with Gasteiger partial charge in [-0.05, 0) is 66.7 Å². The Kier molecular flexibility index (Phi) is 9.37. The molecular weight excluding hydrogens is 656 g/mol. The lowest BCUT2D eigenvalue weighted by molar-refractivity contribution is -0.274. The Bertz CT molecular complexity index is 1850. The molecule has 0 aliphatic carbocycles. The van der Waals surface area contributed by atoms with Crippen molar-refractivity contribution >= 4 is 40.2 Å². The average molecular weight is 676 g/mol. The number of aliphatic imine (C=N–C) groups is 1. The molecule has 1 saturated heterocycles. The number of carbonyl (C=O) groups is 2. The van der Waals surface area contributed by atoms with Crippen molar-refractivity contribution in [3.63, 3.8) is 0 Å². The minimum Gasteiger partial charge on any atom is -0.491 e. The highest BCUT2D eigenvalue weighted by atomic mass is 32.2. The first-order valence-electron chi connectivity index (χ1n) is 13.3. The van der Waals surface area contributed by atoms with Crippen molar-refractivity contribution in [2.45, 2.75) is 19.0 Å². The van der Waals surface area contributed by atoms with Crippen LogP contribution in [0.3, 0.4) is 0 Å². The molecule has 0 bridgehead atoms. The quantitative estimate of drug-likeness (QED) is 0.204. The van der Waals surface area contributed by atoms with E-state index in [1.54, 1.807) is 12.1 Å². The van der Waals surface area contributed by atoms with Crippen LogP contribution in [0.25, 0.3) is 17.1 Å². The minimum absolute atomic E-state index is 0.0325. The van der Waals surface area contributed by atoms with Crippen molar-refractivity contribution in [2.75, 3.05) is 22.6 Å². The number of ether oxygens (including phenoxy) is 2. The Morgan fingerprint density at radius 1 is 1.04 bits per heavy atom. The Morgan fingerprint density at radius 2 is 1.77 bits per heavy atom. The van der Waals surface area contributed by atoms with Crippen LogP contribution >= 0.6 is 11.8 Å². The lowest BCUT2D eigenvalue weighted by atomic mass is 10.2. The van der Waals surface area contributed by atoms with E-state index in [2.05, 4.69) is 25.1 Å². The second kappa shape index (κ2) is 13.4. The number of benzene rings is 3. The molecule has 1 aliphatic rings. The number of amides is 3. The summed E-state index contributed by atoms with van der Waals surface area (Å²) in [6, 6.07) is 16.2. The van der Waals surface area contributed by atoms with Gasteiger partial charge in [0.25, 0.3) is 0 Å². The van der Waals surface area contributed by atoms with Crippen molar-refractivity contribution in [2.24, 2.45) is 4.99 Å². The minimum atomic E-state index is -4.82. The van der Waals surface area contributed by atoms with Crippen LogP contribution in [0.15, 0.2) is 78.0 Å². The molecule has 2 heterocycles. The summed E-state index contributed by atoms with van der Waals surface area (Å²) in [5, 5.41) is 16.1. The number of aromatic nitrogens is 3. The highest BCUT2D eigenvalue weighted by molar-refractivity contribution is 8.15. The van der Waals surface area contributed by atoms with Gasteiger partial charge >= 0.3 is 18.6 Å². The Labute approximate surface area is 265 Å². The van der Waals surface area contributed by atoms with E-state index in [1.807, 2.05) is 6.07 Å². The maximum atomic E-state index is 12.8. The number of amidine groups is 1. The van der Waals surface area contributed by atoms with Gasteiger partial charge in [0.15, 0.2) is 11.0 Å². The van der Waals surface area contributed by atoms with E-state index >= 15 is 0 Å². The summed E-state index contributed by atoms with van der Waals surface area (Å²) < 4.78 is 85.7. The van der Waals surface area contributed by atoms with Gasteiger partial charge in [0.05, 0.1) is 41.8 Å². The fourth-order valence-electron chi connectivity index (χ4n) is 4.10. The molecule has 5 rings (SSSR count). The van der Waals surface area contributed by atoms with Gasteiger partial charge in [0, 0.05) is 11.3 Å². The second-order valence-corrected chi connectivity index (χ2v) is 10.4. The van der Waals surface area contributed by atoms with Crippen LogP contribution in [0.2, 0.25) is 0 Å². The number of nitriles is 1. The Hall–Kier alpha value is -5.57. The van der Waals surface area contributed by atoms with E-state index in [0.717, 1.165) is 28.8 Å². The van der Waals surface area contributed by atoms with Crippen molar-refractivity contribution < 1.29 is 45.4 Å². The molecule has 0 radical (unpaired) electrons. The molecule has 0 unspecified atom stereocenters. The van der Waals surface area contributed by atoms with Gasteiger partial charge in [-0.3, -0.25) is 9.69 Å². The summed E-state index contributed by atoms with van der Waals surface area (Å²) in [5.74, 6) is -0.901. The predicted octanol–water partition coefficient (Wildman–Crippen LogP) is 6.70. The average Bonchev–Trinajstić information content (AvgIpc) is 3.64. The number of urea groups is 1. The van der Waals surface area contributed by atoms with E-state index in [1.165, 1.54) is 53.5 Å². The number of nitrogens with zero attached hydrogens (tertiary/aromatic N) is 6. The second-order valence-electron chi connectivity index (χ2n) is 9.48. The number of thioether (sulfide) groups is 1. The van der Waals surface area contributed by atoms with Gasteiger partial charge in [-0.25, -0.2) is 14.5 Å². The first-order valence-corrected chi connectivity index (χ1v) is 14.2. The van der Waals surface area contributed by atoms with Crippen LogP contribution in [0, 0.1) is 11.3 Å². The first-order chi connectivity index (χ1) is 22.3. The van der Waals surface area contributed by atoms with Crippen molar-refractivity contribution in [3.05, 3.63) is 78.6 Å². The summed E-state index contributed by atoms with van der Waals surface area (Å²) in [7, 11) is 0. The van der Waals surface area contributed by atoms with Gasteiger partial charge in [0.1, 0.15) is 17.8 Å².